The third kappa shape index (κ3) is 5.93. The van der Waals surface area contributed by atoms with Crippen LogP contribution < -0.4 is 14.6 Å². The fourth-order valence-corrected chi connectivity index (χ4v) is 4.85. The van der Waals surface area contributed by atoms with Gasteiger partial charge in [0.05, 0.1) is 23.5 Å². The summed E-state index contributed by atoms with van der Waals surface area (Å²) in [6.45, 7) is -1.37. The average molecular weight is 549 g/mol. The maximum absolute atomic E-state index is 15.6. The minimum atomic E-state index is -4.85. The van der Waals surface area contributed by atoms with Crippen LogP contribution >= 0.6 is 0 Å². The van der Waals surface area contributed by atoms with Gasteiger partial charge in [0, 0.05) is 19.0 Å². The number of likely N-dealkylation sites (tertiary alicyclic amines) is 2. The normalized spacial score (nSPS) is 21.6. The highest BCUT2D eigenvalue weighted by atomic mass is 32.2. The summed E-state index contributed by atoms with van der Waals surface area (Å²) in [6, 6.07) is 6.95. The predicted octanol–water partition coefficient (Wildman–Crippen LogP) is 2.07. The van der Waals surface area contributed by atoms with Crippen molar-refractivity contribution < 1.29 is 49.4 Å². The number of ether oxygens (including phenoxy) is 2. The van der Waals surface area contributed by atoms with Gasteiger partial charge in [-0.15, -0.1) is 13.2 Å². The van der Waals surface area contributed by atoms with Gasteiger partial charge in [0.2, 0.25) is 10.0 Å². The number of alkyl halides is 4. The van der Waals surface area contributed by atoms with Gasteiger partial charge in [0.15, 0.2) is 12.3 Å². The van der Waals surface area contributed by atoms with Crippen LogP contribution in [0.1, 0.15) is 10.4 Å². The summed E-state index contributed by atoms with van der Waals surface area (Å²) >= 11 is 0. The van der Waals surface area contributed by atoms with Gasteiger partial charge in [0.1, 0.15) is 17.3 Å². The van der Waals surface area contributed by atoms with Crippen molar-refractivity contribution in [3.05, 3.63) is 53.8 Å². The van der Waals surface area contributed by atoms with Crippen molar-refractivity contribution in [2.75, 3.05) is 32.8 Å². The van der Waals surface area contributed by atoms with Gasteiger partial charge in [-0.05, 0) is 42.5 Å². The number of carbonyl (C=O) groups excluding carboxylic acids is 2. The molecule has 0 aromatic heterocycles. The van der Waals surface area contributed by atoms with Gasteiger partial charge < -0.3 is 19.3 Å². The molecular formula is C22H20F5N3O6S. The summed E-state index contributed by atoms with van der Waals surface area (Å²) in [5.41, 5.74) is -2.39. The van der Waals surface area contributed by atoms with E-state index in [0.717, 1.165) is 29.2 Å². The van der Waals surface area contributed by atoms with Crippen LogP contribution in [-0.2, 0) is 14.8 Å². The Bertz CT molecular complexity index is 1320. The Morgan fingerprint density at radius 1 is 1.03 bits per heavy atom. The van der Waals surface area contributed by atoms with Gasteiger partial charge in [-0.1, -0.05) is 0 Å². The monoisotopic (exact) mass is 549 g/mol. The largest absolute Gasteiger partial charge is 0.573 e. The predicted molar refractivity (Wildman–Crippen MR) is 116 cm³/mol. The van der Waals surface area contributed by atoms with Gasteiger partial charge in [-0.25, -0.2) is 22.3 Å². The van der Waals surface area contributed by atoms with E-state index in [-0.39, 0.29) is 25.4 Å². The minimum absolute atomic E-state index is 0.0341. The lowest BCUT2D eigenvalue weighted by atomic mass is 9.97. The van der Waals surface area contributed by atoms with Crippen molar-refractivity contribution in [1.29, 1.82) is 0 Å². The van der Waals surface area contributed by atoms with Crippen molar-refractivity contribution in [1.82, 2.24) is 9.80 Å². The van der Waals surface area contributed by atoms with Crippen molar-refractivity contribution >= 4 is 21.8 Å². The van der Waals surface area contributed by atoms with E-state index in [0.29, 0.717) is 6.07 Å². The molecule has 2 atom stereocenters. The Labute approximate surface area is 207 Å². The average Bonchev–Trinajstić information content (AvgIpc) is 3.28. The number of rotatable bonds is 6. The molecule has 2 amide bonds. The number of carbonyl (C=O) groups is 2. The lowest BCUT2D eigenvalue weighted by molar-refractivity contribution is -0.274. The Kier molecular flexibility index (Phi) is 6.79. The SMILES string of the molecule is NS(=O)(=O)c1ccc(C(=O)N2CC3CN(C(=O)COc4ccc(OC(F)(F)F)cc4)CC3(F)C2)c(F)c1. The van der Waals surface area contributed by atoms with E-state index in [1.54, 1.807) is 0 Å². The molecular weight excluding hydrogens is 529 g/mol. The van der Waals surface area contributed by atoms with Crippen LogP contribution in [0.4, 0.5) is 22.0 Å². The topological polar surface area (TPSA) is 119 Å². The number of halogens is 5. The number of hydrogen-bond acceptors (Lipinski definition) is 6. The zero-order valence-electron chi connectivity index (χ0n) is 18.9. The first-order valence-electron chi connectivity index (χ1n) is 10.7. The van der Waals surface area contributed by atoms with Crippen molar-refractivity contribution in [3.8, 4) is 11.5 Å². The van der Waals surface area contributed by atoms with Crippen LogP contribution in [0.25, 0.3) is 0 Å². The molecule has 2 saturated heterocycles. The first-order valence-corrected chi connectivity index (χ1v) is 12.3. The first kappa shape index (κ1) is 26.6. The summed E-state index contributed by atoms with van der Waals surface area (Å²) in [4.78, 5) is 27.1. The molecule has 9 nitrogen and oxygen atoms in total. The molecule has 0 radical (unpaired) electrons. The summed E-state index contributed by atoms with van der Waals surface area (Å²) in [5, 5.41) is 4.95. The molecule has 37 heavy (non-hydrogen) atoms. The fraction of sp³-hybridized carbons (Fsp3) is 0.364. The number of nitrogens with two attached hydrogens (primary N) is 1. The summed E-state index contributed by atoms with van der Waals surface area (Å²) in [5.74, 6) is -3.62. The molecule has 0 bridgehead atoms. The van der Waals surface area contributed by atoms with Crippen LogP contribution in [0.5, 0.6) is 11.5 Å². The van der Waals surface area contributed by atoms with Crippen LogP contribution in [-0.4, -0.2) is 74.8 Å². The molecule has 0 aliphatic carbocycles. The smallest absolute Gasteiger partial charge is 0.484 e. The van der Waals surface area contributed by atoms with Crippen LogP contribution in [0.3, 0.4) is 0 Å². The number of fused-ring (bicyclic) bond motifs is 1. The zero-order valence-corrected chi connectivity index (χ0v) is 19.7. The number of amides is 2. The highest BCUT2D eigenvalue weighted by Crippen LogP contribution is 2.39. The second-order valence-corrected chi connectivity index (χ2v) is 10.2. The molecule has 200 valence electrons. The molecule has 2 heterocycles. The fourth-order valence-electron chi connectivity index (χ4n) is 4.32. The Morgan fingerprint density at radius 3 is 2.19 bits per heavy atom. The summed E-state index contributed by atoms with van der Waals surface area (Å²) in [7, 11) is -4.17. The van der Waals surface area contributed by atoms with E-state index >= 15 is 4.39 Å². The summed E-state index contributed by atoms with van der Waals surface area (Å²) < 4.78 is 98.3. The highest BCUT2D eigenvalue weighted by Gasteiger charge is 2.55. The van der Waals surface area contributed by atoms with Crippen molar-refractivity contribution in [2.45, 2.75) is 16.9 Å². The van der Waals surface area contributed by atoms with E-state index in [1.807, 2.05) is 0 Å². The number of primary sulfonamides is 1. The van der Waals surface area contributed by atoms with Crippen LogP contribution in [0, 0.1) is 11.7 Å². The van der Waals surface area contributed by atoms with Gasteiger partial charge >= 0.3 is 6.36 Å². The van der Waals surface area contributed by atoms with Gasteiger partial charge in [0.25, 0.3) is 11.8 Å². The standard InChI is InChI=1S/C22H20F5N3O6S/c23-18-7-16(37(28,33)34)5-6-17(18)20(32)30-9-13-8-29(11-21(13,24)12-30)19(31)10-35-14-1-3-15(4-2-14)36-22(25,26)27/h1-7,13H,8-12H2,(H2,28,33,34). The first-order chi connectivity index (χ1) is 17.1. The highest BCUT2D eigenvalue weighted by molar-refractivity contribution is 7.89. The number of hydrogen-bond donors (Lipinski definition) is 1. The second-order valence-electron chi connectivity index (χ2n) is 8.69. The quantitative estimate of drug-likeness (QED) is 0.552. The van der Waals surface area contributed by atoms with Crippen molar-refractivity contribution in [3.63, 3.8) is 0 Å². The van der Waals surface area contributed by atoms with Gasteiger partial charge in [-0.3, -0.25) is 9.59 Å². The van der Waals surface area contributed by atoms with Crippen LogP contribution in [0.2, 0.25) is 0 Å². The molecule has 2 aliphatic rings. The summed E-state index contributed by atoms with van der Waals surface area (Å²) in [6.07, 6.45) is -4.85. The lowest BCUT2D eigenvalue weighted by Gasteiger charge is -2.23. The van der Waals surface area contributed by atoms with E-state index in [1.165, 1.54) is 17.0 Å². The lowest BCUT2D eigenvalue weighted by Crippen LogP contribution is -2.41. The molecule has 0 saturated carbocycles. The molecule has 2 aliphatic heterocycles. The molecule has 15 heteroatoms. The van der Waals surface area contributed by atoms with E-state index in [9.17, 15) is 35.6 Å². The molecule has 2 fully saturated rings. The van der Waals surface area contributed by atoms with E-state index < -0.39 is 75.0 Å². The third-order valence-corrected chi connectivity index (χ3v) is 6.99. The van der Waals surface area contributed by atoms with Crippen molar-refractivity contribution in [2.24, 2.45) is 11.1 Å². The zero-order chi connectivity index (χ0) is 27.2. The molecule has 2 unspecified atom stereocenters. The Balaban J connectivity index is 1.32. The molecule has 2 aromatic carbocycles. The second kappa shape index (κ2) is 9.45. The number of benzene rings is 2. The molecule has 0 spiro atoms. The number of sulfonamides is 1. The number of nitrogens with zero attached hydrogens (tertiary/aromatic N) is 2. The molecule has 2 aromatic rings. The third-order valence-electron chi connectivity index (χ3n) is 6.08. The maximum atomic E-state index is 15.6. The molecule has 2 N–H and O–H groups in total. The minimum Gasteiger partial charge on any atom is -0.484 e. The van der Waals surface area contributed by atoms with Gasteiger partial charge in [-0.2, -0.15) is 0 Å². The Morgan fingerprint density at radius 2 is 1.62 bits per heavy atom. The van der Waals surface area contributed by atoms with Crippen LogP contribution in [0.15, 0.2) is 47.4 Å². The van der Waals surface area contributed by atoms with E-state index in [2.05, 4.69) is 4.74 Å². The maximum Gasteiger partial charge on any atom is 0.573 e. The van der Waals surface area contributed by atoms with E-state index in [4.69, 9.17) is 9.88 Å². The molecule has 4 rings (SSSR count). The Hall–Kier alpha value is -3.46.